The Morgan fingerprint density at radius 1 is 0.287 bits per heavy atom. The molecule has 3 aromatic heterocycles. The predicted molar refractivity (Wildman–Crippen MR) is 505 cm³/mol. The molecule has 18 heteroatoms. The molecular weight excluding hydrogens is 2580 g/mol. The molecule has 0 radical (unpaired) electrons. The average Bonchev–Trinajstić information content (AvgIpc) is 1.61. The van der Waals surface area contributed by atoms with Crippen LogP contribution in [0.5, 0.6) is 17.2 Å². The topological polar surface area (TPSA) is 27.7 Å². The number of hydrogen-bond acceptors (Lipinski definition) is 3. The third kappa shape index (κ3) is 15.3. The van der Waals surface area contributed by atoms with Crippen LogP contribution in [0.25, 0.3) is 75.2 Å². The minimum absolute atomic E-state index is 0.000244. The summed E-state index contributed by atoms with van der Waals surface area (Å²) < 4.78 is 42.7. The number of ether oxygens (including phenoxy) is 3. The maximum Gasteiger partial charge on any atom is 0.187 e. The monoisotopic (exact) mass is 2630 g/mol. The van der Waals surface area contributed by atoms with Crippen LogP contribution in [0.3, 0.4) is 0 Å². The summed E-state index contributed by atoms with van der Waals surface area (Å²) in [4.78, 5) is 3.99. The molecule has 0 fully saturated rings. The Morgan fingerprint density at radius 2 is 0.574 bits per heavy atom. The summed E-state index contributed by atoms with van der Waals surface area (Å²) in [6.07, 6.45) is 0.000244. The van der Waals surface area contributed by atoms with E-state index in [9.17, 15) is 0 Å². The van der Waals surface area contributed by atoms with Gasteiger partial charge < -0.3 is 14.2 Å². The molecule has 0 N–H and O–H groups in total. The SMILES string of the molecule is CC(Oc1ccc(-[s+]2c3ccccc3c3ccccc32)cc1)c1cc(I)c(I)c(I)c1.Ic1c(I)c(I)c(COc2ccc(-[s+]3c4ccccc4c4ccccc43)cc2)c(I)c1I.Ic1cc(COc2ccc(-[s+]3c4ccccc4c4ccccc43)cc2)c(I)c(I)c1I. The van der Waals surface area contributed by atoms with Crippen molar-refractivity contribution in [2.45, 2.75) is 26.2 Å². The third-order valence-electron chi connectivity index (χ3n) is 15.7. The fraction of sp³-hybridized carbons (Fsp3) is 0.0526. The van der Waals surface area contributed by atoms with Crippen molar-refractivity contribution >= 4 is 363 Å². The summed E-state index contributed by atoms with van der Waals surface area (Å²) in [5.41, 5.74) is 3.71. The summed E-state index contributed by atoms with van der Waals surface area (Å²) in [6, 6.07) is 85.5. The quantitative estimate of drug-likeness (QED) is 0.0528. The average molecular weight is 2630 g/mol. The van der Waals surface area contributed by atoms with Gasteiger partial charge >= 0.3 is 0 Å². The highest BCUT2D eigenvalue weighted by Crippen LogP contribution is 2.52. The van der Waals surface area contributed by atoms with Gasteiger partial charge in [0.25, 0.3) is 0 Å². The number of fused-ring (bicyclic) bond motifs is 9. The lowest BCUT2D eigenvalue weighted by molar-refractivity contribution is 0.227. The van der Waals surface area contributed by atoms with E-state index in [-0.39, 0.29) is 37.5 Å². The molecule has 0 aliphatic carbocycles. The highest BCUT2D eigenvalue weighted by Gasteiger charge is 2.27. The molecule has 1 unspecified atom stereocenters. The van der Waals surface area contributed by atoms with Gasteiger partial charge in [-0.1, -0.05) is 72.8 Å². The van der Waals surface area contributed by atoms with Crippen LogP contribution in [0.1, 0.15) is 29.7 Å². The summed E-state index contributed by atoms with van der Waals surface area (Å²) in [5.74, 6) is 2.73. The molecule has 0 saturated heterocycles. The zero-order chi connectivity index (χ0) is 65.5. The molecule has 15 rings (SSSR count). The molecule has 1 atom stereocenters. The highest BCUT2D eigenvalue weighted by atomic mass is 127. The van der Waals surface area contributed by atoms with Crippen molar-refractivity contribution in [1.82, 2.24) is 0 Å². The molecule has 12 aromatic carbocycles. The van der Waals surface area contributed by atoms with E-state index in [0.29, 0.717) is 13.2 Å². The molecule has 0 aliphatic heterocycles. The number of benzene rings is 12. The Bertz CT molecular complexity index is 5150. The molecule has 3 nitrogen and oxygen atoms in total. The molecule has 3 heterocycles. The maximum atomic E-state index is 6.30. The number of halogens is 12. The molecule has 0 spiro atoms. The first-order valence-electron chi connectivity index (χ1n) is 29.0. The van der Waals surface area contributed by atoms with Crippen LogP contribution in [0.2, 0.25) is 0 Å². The van der Waals surface area contributed by atoms with Crippen molar-refractivity contribution < 1.29 is 14.2 Å². The van der Waals surface area contributed by atoms with E-state index >= 15 is 0 Å². The normalized spacial score (nSPS) is 11.7. The summed E-state index contributed by atoms with van der Waals surface area (Å²) in [5, 5.41) is 8.16. The molecule has 0 bridgehead atoms. The van der Waals surface area contributed by atoms with Crippen molar-refractivity contribution in [3.8, 4) is 31.9 Å². The van der Waals surface area contributed by atoms with E-state index in [4.69, 9.17) is 14.2 Å². The third-order valence-corrected chi connectivity index (χ3v) is 44.8. The molecule has 0 saturated carbocycles. The van der Waals surface area contributed by atoms with Gasteiger partial charge in [0.1, 0.15) is 36.6 Å². The van der Waals surface area contributed by atoms with Gasteiger partial charge in [-0.05, 0) is 411 Å². The molecule has 468 valence electrons. The van der Waals surface area contributed by atoms with Crippen LogP contribution in [0, 0.1) is 42.8 Å². The first-order chi connectivity index (χ1) is 45.5. The van der Waals surface area contributed by atoms with E-state index in [1.165, 1.54) is 135 Å². The van der Waals surface area contributed by atoms with Gasteiger partial charge in [-0.3, -0.25) is 0 Å². The zero-order valence-corrected chi connectivity index (χ0v) is 77.3. The van der Waals surface area contributed by atoms with Gasteiger partial charge in [0.2, 0.25) is 0 Å². The second-order valence-electron chi connectivity index (χ2n) is 21.5. The number of hydrogen-bond donors (Lipinski definition) is 0. The molecule has 0 amide bonds. The zero-order valence-electron chi connectivity index (χ0n) is 49.0. The van der Waals surface area contributed by atoms with Gasteiger partial charge in [-0.15, -0.1) is 0 Å². The lowest BCUT2D eigenvalue weighted by Gasteiger charge is -2.16. The van der Waals surface area contributed by atoms with Crippen molar-refractivity contribution in [3.05, 3.63) is 296 Å². The Balaban J connectivity index is 0.000000128. The summed E-state index contributed by atoms with van der Waals surface area (Å²) in [7, 11) is -0.191. The van der Waals surface area contributed by atoms with Crippen LogP contribution >= 0.6 is 303 Å². The lowest BCUT2D eigenvalue weighted by atomic mass is 10.1. The van der Waals surface area contributed by atoms with E-state index in [1.807, 2.05) is 0 Å². The minimum atomic E-state index is -0.0657. The fourth-order valence-electron chi connectivity index (χ4n) is 11.2. The Labute approximate surface area is 718 Å². The Kier molecular flexibility index (Phi) is 24.8. The van der Waals surface area contributed by atoms with Gasteiger partial charge in [-0.2, -0.15) is 0 Å². The van der Waals surface area contributed by atoms with E-state index < -0.39 is 0 Å². The Morgan fingerprint density at radius 3 is 0.926 bits per heavy atom. The largest absolute Gasteiger partial charge is 0.489 e. The van der Waals surface area contributed by atoms with Crippen molar-refractivity contribution in [2.24, 2.45) is 0 Å². The van der Waals surface area contributed by atoms with E-state index in [2.05, 4.69) is 515 Å². The minimum Gasteiger partial charge on any atom is -0.489 e. The first-order valence-corrected chi connectivity index (χ1v) is 45.6. The highest BCUT2D eigenvalue weighted by molar-refractivity contribution is 14.1. The number of thiophene rings is 3. The first kappa shape index (κ1) is 71.8. The van der Waals surface area contributed by atoms with Gasteiger partial charge in [0, 0.05) is 154 Å². The van der Waals surface area contributed by atoms with Crippen molar-refractivity contribution in [2.75, 3.05) is 0 Å². The molecular formula is C76H47I12O3S3+3. The smallest absolute Gasteiger partial charge is 0.187 e. The molecule has 15 aromatic rings. The van der Waals surface area contributed by atoms with Gasteiger partial charge in [0.15, 0.2) is 42.9 Å². The van der Waals surface area contributed by atoms with Gasteiger partial charge in [0.05, 0.1) is 0 Å². The van der Waals surface area contributed by atoms with Crippen LogP contribution in [-0.4, -0.2) is 0 Å². The van der Waals surface area contributed by atoms with E-state index in [1.54, 1.807) is 0 Å². The molecule has 94 heavy (non-hydrogen) atoms. The lowest BCUT2D eigenvalue weighted by Crippen LogP contribution is -2.06. The standard InChI is InChI=1S/C26H18I3OS.C25H14I5OS.C25H15I4OS/c1-16(17-14-22(27)26(29)23(28)15-17)30-18-10-12-19(13-11-18)31-24-8-4-2-6-20(24)21-7-3-5-9-25(21)31;26-21-18(22(27)24(29)25(30)23(21)28)13-31-14-9-11-15(12-10-14)32-19-7-3-1-5-16(19)17-6-2-4-8-20(17)32;26-20-13-15(23(27)25(29)24(20)28)14-30-16-9-11-17(12-10-16)31-21-7-3-1-5-18(21)19-6-2-4-8-22(19)31/h2-16H,1H3;1-12H,13H2;1-13H,14H2/q3*+1. The van der Waals surface area contributed by atoms with Crippen molar-refractivity contribution in [3.63, 3.8) is 0 Å². The Hall–Kier alpha value is -0.540. The van der Waals surface area contributed by atoms with E-state index in [0.717, 1.165) is 17.2 Å². The maximum absolute atomic E-state index is 6.30. The number of rotatable bonds is 12. The van der Waals surface area contributed by atoms with Crippen LogP contribution in [-0.2, 0) is 13.2 Å². The summed E-state index contributed by atoms with van der Waals surface area (Å²) >= 11 is 29.1. The fourth-order valence-corrected chi connectivity index (χ4v) is 29.0. The van der Waals surface area contributed by atoms with Crippen LogP contribution in [0.15, 0.2) is 237 Å². The van der Waals surface area contributed by atoms with Crippen LogP contribution in [0.4, 0.5) is 0 Å². The predicted octanol–water partition coefficient (Wildman–Crippen LogP) is 29.7. The second-order valence-corrected chi connectivity index (χ2v) is 40.5. The second kappa shape index (κ2) is 32.4. The van der Waals surface area contributed by atoms with Crippen LogP contribution < -0.4 is 14.2 Å². The van der Waals surface area contributed by atoms with Crippen molar-refractivity contribution in [1.29, 1.82) is 0 Å². The molecule has 0 aliphatic rings. The summed E-state index contributed by atoms with van der Waals surface area (Å²) in [6.45, 7) is 3.28. The van der Waals surface area contributed by atoms with Gasteiger partial charge in [-0.25, -0.2) is 0 Å².